The minimum absolute atomic E-state index is 0.933. The molecule has 2 heteroatoms. The largest absolute Gasteiger partial charge is 0.461 e. The first kappa shape index (κ1) is 16.1. The van der Waals surface area contributed by atoms with Crippen LogP contribution in [0.4, 0.5) is 0 Å². The number of hydrogen-bond acceptors (Lipinski definition) is 2. The van der Waals surface area contributed by atoms with Crippen molar-refractivity contribution in [3.8, 4) is 0 Å². The van der Waals surface area contributed by atoms with E-state index >= 15 is 0 Å². The third-order valence-corrected chi connectivity index (χ3v) is 4.05. The van der Waals surface area contributed by atoms with Crippen molar-refractivity contribution in [1.29, 1.82) is 0 Å². The predicted octanol–water partition coefficient (Wildman–Crippen LogP) is 5.45. The highest BCUT2D eigenvalue weighted by molar-refractivity contribution is 5.82. The maximum absolute atomic E-state index is 6.06. The number of para-hydroxylation sites is 1. The second kappa shape index (κ2) is 8.89. The van der Waals surface area contributed by atoms with Gasteiger partial charge in [0.15, 0.2) is 0 Å². The van der Waals surface area contributed by atoms with Gasteiger partial charge >= 0.3 is 0 Å². The van der Waals surface area contributed by atoms with Crippen LogP contribution in [0.25, 0.3) is 11.0 Å². The Hall–Kier alpha value is -1.28. The van der Waals surface area contributed by atoms with Crippen molar-refractivity contribution < 1.29 is 4.42 Å². The zero-order valence-electron chi connectivity index (χ0n) is 13.6. The average Bonchev–Trinajstić information content (AvgIpc) is 2.86. The lowest BCUT2D eigenvalue weighted by Crippen LogP contribution is -2.15. The van der Waals surface area contributed by atoms with Gasteiger partial charge in [-0.2, -0.15) is 0 Å². The summed E-state index contributed by atoms with van der Waals surface area (Å²) in [5, 5.41) is 4.88. The van der Waals surface area contributed by atoms with E-state index in [2.05, 4.69) is 43.4 Å². The Morgan fingerprint density at radius 2 is 1.76 bits per heavy atom. The Morgan fingerprint density at radius 1 is 0.952 bits per heavy atom. The molecule has 0 unspecified atom stereocenters. The first-order valence-electron chi connectivity index (χ1n) is 8.56. The molecule has 0 aliphatic heterocycles. The number of benzene rings is 1. The first-order valence-corrected chi connectivity index (χ1v) is 8.56. The molecular formula is C19H29NO. The molecule has 0 amide bonds. The molecule has 0 spiro atoms. The molecule has 0 saturated carbocycles. The molecule has 2 nitrogen and oxygen atoms in total. The van der Waals surface area contributed by atoms with E-state index in [1.165, 1.54) is 55.2 Å². The highest BCUT2D eigenvalue weighted by atomic mass is 16.3. The summed E-state index contributed by atoms with van der Waals surface area (Å²) >= 11 is 0. The van der Waals surface area contributed by atoms with Gasteiger partial charge in [0.1, 0.15) is 11.3 Å². The summed E-state index contributed by atoms with van der Waals surface area (Å²) in [4.78, 5) is 0. The summed E-state index contributed by atoms with van der Waals surface area (Å²) in [7, 11) is 0. The molecule has 2 rings (SSSR count). The number of hydrogen-bond donors (Lipinski definition) is 1. The Morgan fingerprint density at radius 3 is 2.57 bits per heavy atom. The van der Waals surface area contributed by atoms with E-state index in [4.69, 9.17) is 4.42 Å². The fourth-order valence-corrected chi connectivity index (χ4v) is 2.77. The van der Waals surface area contributed by atoms with Crippen molar-refractivity contribution in [1.82, 2.24) is 5.32 Å². The lowest BCUT2D eigenvalue weighted by atomic mass is 10.1. The van der Waals surface area contributed by atoms with E-state index < -0.39 is 0 Å². The normalized spacial score (nSPS) is 11.3. The maximum Gasteiger partial charge on any atom is 0.134 e. The third-order valence-electron chi connectivity index (χ3n) is 4.05. The molecule has 0 atom stereocenters. The molecule has 1 heterocycles. The van der Waals surface area contributed by atoms with Crippen LogP contribution in [0.3, 0.4) is 0 Å². The van der Waals surface area contributed by atoms with Gasteiger partial charge in [-0.15, -0.1) is 0 Å². The SMILES string of the molecule is CCCCCCNCc1c(CCCC)oc2ccccc12. The van der Waals surface area contributed by atoms with Crippen molar-refractivity contribution in [2.24, 2.45) is 0 Å². The third kappa shape index (κ3) is 4.60. The highest BCUT2D eigenvalue weighted by Gasteiger charge is 2.12. The highest BCUT2D eigenvalue weighted by Crippen LogP contribution is 2.27. The van der Waals surface area contributed by atoms with Crippen molar-refractivity contribution in [2.75, 3.05) is 6.54 Å². The van der Waals surface area contributed by atoms with E-state index in [-0.39, 0.29) is 0 Å². The minimum atomic E-state index is 0.933. The Labute approximate surface area is 128 Å². The van der Waals surface area contributed by atoms with E-state index in [1.807, 2.05) is 0 Å². The predicted molar refractivity (Wildman–Crippen MR) is 90.7 cm³/mol. The number of furan rings is 1. The van der Waals surface area contributed by atoms with E-state index in [1.54, 1.807) is 0 Å². The quantitative estimate of drug-likeness (QED) is 0.588. The molecular weight excluding hydrogens is 258 g/mol. The van der Waals surface area contributed by atoms with Crippen molar-refractivity contribution in [3.05, 3.63) is 35.6 Å². The summed E-state index contributed by atoms with van der Waals surface area (Å²) in [6.07, 6.45) is 8.71. The van der Waals surface area contributed by atoms with Crippen molar-refractivity contribution in [3.63, 3.8) is 0 Å². The van der Waals surface area contributed by atoms with Crippen molar-refractivity contribution >= 4 is 11.0 Å². The number of nitrogens with one attached hydrogen (secondary N) is 1. The van der Waals surface area contributed by atoms with Crippen LogP contribution in [-0.2, 0) is 13.0 Å². The topological polar surface area (TPSA) is 25.2 Å². The molecule has 21 heavy (non-hydrogen) atoms. The van der Waals surface area contributed by atoms with Gasteiger partial charge in [-0.05, 0) is 25.5 Å². The summed E-state index contributed by atoms with van der Waals surface area (Å²) < 4.78 is 6.06. The fraction of sp³-hybridized carbons (Fsp3) is 0.579. The maximum atomic E-state index is 6.06. The summed E-state index contributed by atoms with van der Waals surface area (Å²) in [6.45, 7) is 6.52. The molecule has 1 aromatic carbocycles. The molecule has 0 saturated heterocycles. The molecule has 116 valence electrons. The number of unbranched alkanes of at least 4 members (excludes halogenated alkanes) is 4. The van der Waals surface area contributed by atoms with Crippen LogP contribution in [0, 0.1) is 0 Å². The van der Waals surface area contributed by atoms with Gasteiger partial charge in [-0.3, -0.25) is 0 Å². The van der Waals surface area contributed by atoms with Gasteiger partial charge in [0.05, 0.1) is 0 Å². The average molecular weight is 287 g/mol. The van der Waals surface area contributed by atoms with E-state index in [0.717, 1.165) is 25.1 Å². The summed E-state index contributed by atoms with van der Waals surface area (Å²) in [5.74, 6) is 1.18. The van der Waals surface area contributed by atoms with Gasteiger partial charge < -0.3 is 9.73 Å². The Balaban J connectivity index is 1.98. The van der Waals surface area contributed by atoms with Crippen LogP contribution in [0.15, 0.2) is 28.7 Å². The zero-order valence-corrected chi connectivity index (χ0v) is 13.6. The van der Waals surface area contributed by atoms with Crippen molar-refractivity contribution in [2.45, 2.75) is 65.3 Å². The Kier molecular flexibility index (Phi) is 6.81. The number of rotatable bonds is 10. The molecule has 0 aliphatic rings. The summed E-state index contributed by atoms with van der Waals surface area (Å²) in [6, 6.07) is 8.42. The lowest BCUT2D eigenvalue weighted by molar-refractivity contribution is 0.522. The van der Waals surface area contributed by atoms with E-state index in [9.17, 15) is 0 Å². The molecule has 1 aromatic heterocycles. The monoisotopic (exact) mass is 287 g/mol. The molecule has 1 N–H and O–H groups in total. The lowest BCUT2D eigenvalue weighted by Gasteiger charge is -2.06. The molecule has 0 fully saturated rings. The molecule has 2 aromatic rings. The second-order valence-electron chi connectivity index (χ2n) is 5.84. The van der Waals surface area contributed by atoms with Gasteiger partial charge in [-0.1, -0.05) is 57.7 Å². The number of aryl methyl sites for hydroxylation is 1. The summed E-state index contributed by atoms with van der Waals surface area (Å²) in [5.41, 5.74) is 2.40. The minimum Gasteiger partial charge on any atom is -0.461 e. The van der Waals surface area contributed by atoms with Crippen LogP contribution < -0.4 is 5.32 Å². The molecule has 0 radical (unpaired) electrons. The Bertz CT molecular complexity index is 529. The molecule has 0 bridgehead atoms. The first-order chi connectivity index (χ1) is 10.4. The molecule has 0 aliphatic carbocycles. The van der Waals surface area contributed by atoms with Crippen LogP contribution >= 0.6 is 0 Å². The fourth-order valence-electron chi connectivity index (χ4n) is 2.77. The van der Waals surface area contributed by atoms with Gasteiger partial charge in [0.2, 0.25) is 0 Å². The van der Waals surface area contributed by atoms with Crippen LogP contribution in [0.1, 0.15) is 63.7 Å². The van der Waals surface area contributed by atoms with E-state index in [0.29, 0.717) is 0 Å². The standard InChI is InChI=1S/C19H29NO/c1-3-5-7-10-14-20-15-17-16-11-8-9-13-18(16)21-19(17)12-6-4-2/h8-9,11,13,20H,3-7,10,12,14-15H2,1-2H3. The van der Waals surface area contributed by atoms with Crippen LogP contribution in [-0.4, -0.2) is 6.54 Å². The van der Waals surface area contributed by atoms with Gasteiger partial charge in [0.25, 0.3) is 0 Å². The van der Waals surface area contributed by atoms with Crippen LogP contribution in [0.5, 0.6) is 0 Å². The smallest absolute Gasteiger partial charge is 0.134 e. The zero-order chi connectivity index (χ0) is 14.9. The van der Waals surface area contributed by atoms with Gasteiger partial charge in [0, 0.05) is 23.9 Å². The van der Waals surface area contributed by atoms with Crippen LogP contribution in [0.2, 0.25) is 0 Å². The number of fused-ring (bicyclic) bond motifs is 1. The second-order valence-corrected chi connectivity index (χ2v) is 5.84. The van der Waals surface area contributed by atoms with Gasteiger partial charge in [-0.25, -0.2) is 0 Å².